The van der Waals surface area contributed by atoms with Gasteiger partial charge in [-0.2, -0.15) is 0 Å². The van der Waals surface area contributed by atoms with Crippen LogP contribution in [0.3, 0.4) is 0 Å². The molecule has 65 heavy (non-hydrogen) atoms. The number of fused-ring (bicyclic) bond motifs is 6. The van der Waals surface area contributed by atoms with E-state index in [4.69, 9.17) is 0 Å². The zero-order chi connectivity index (χ0) is 43.5. The molecule has 0 amide bonds. The summed E-state index contributed by atoms with van der Waals surface area (Å²) in [7, 11) is 0. The van der Waals surface area contributed by atoms with E-state index in [9.17, 15) is 0 Å². The van der Waals surface area contributed by atoms with Crippen molar-refractivity contribution in [2.24, 2.45) is 0 Å². The Labute approximate surface area is 381 Å². The molecule has 2 nitrogen and oxygen atoms in total. The van der Waals surface area contributed by atoms with Crippen LogP contribution >= 0.6 is 0 Å². The van der Waals surface area contributed by atoms with E-state index in [1.807, 2.05) is 0 Å². The van der Waals surface area contributed by atoms with Crippen LogP contribution in [0.5, 0.6) is 0 Å². The first-order valence-corrected chi connectivity index (χ1v) is 22.6. The van der Waals surface area contributed by atoms with Gasteiger partial charge in [-0.3, -0.25) is 0 Å². The van der Waals surface area contributed by atoms with Crippen LogP contribution < -0.4 is 4.90 Å². The first kappa shape index (κ1) is 38.5. The average molecular weight is 831 g/mol. The highest BCUT2D eigenvalue weighted by atomic mass is 15.1. The van der Waals surface area contributed by atoms with E-state index in [0.29, 0.717) is 0 Å². The van der Waals surface area contributed by atoms with Crippen LogP contribution in [0, 0.1) is 0 Å². The van der Waals surface area contributed by atoms with Gasteiger partial charge in [0.05, 0.1) is 11.0 Å². The molecular formula is C63H46N2. The molecule has 0 saturated heterocycles. The summed E-state index contributed by atoms with van der Waals surface area (Å²) >= 11 is 0. The van der Waals surface area contributed by atoms with Crippen molar-refractivity contribution in [1.82, 2.24) is 4.57 Å². The highest BCUT2D eigenvalue weighted by molar-refractivity contribution is 6.10. The fourth-order valence-electron chi connectivity index (χ4n) is 10.3. The van der Waals surface area contributed by atoms with Gasteiger partial charge in [0.25, 0.3) is 0 Å². The Morgan fingerprint density at radius 2 is 0.754 bits per heavy atom. The molecule has 1 heterocycles. The van der Waals surface area contributed by atoms with Gasteiger partial charge >= 0.3 is 0 Å². The predicted molar refractivity (Wildman–Crippen MR) is 275 cm³/mol. The minimum Gasteiger partial charge on any atom is -0.311 e. The number of anilines is 3. The number of rotatable bonds is 8. The van der Waals surface area contributed by atoms with Gasteiger partial charge in [-0.25, -0.2) is 0 Å². The van der Waals surface area contributed by atoms with Crippen LogP contribution in [-0.2, 0) is 5.41 Å². The number of nitrogens with zero attached hydrogens (tertiary/aromatic N) is 2. The molecule has 1 aromatic heterocycles. The van der Waals surface area contributed by atoms with Crippen LogP contribution in [0.4, 0.5) is 17.1 Å². The second kappa shape index (κ2) is 15.6. The van der Waals surface area contributed by atoms with Crippen LogP contribution in [-0.4, -0.2) is 4.57 Å². The van der Waals surface area contributed by atoms with Crippen molar-refractivity contribution in [1.29, 1.82) is 0 Å². The summed E-state index contributed by atoms with van der Waals surface area (Å²) in [5, 5.41) is 2.52. The van der Waals surface area contributed by atoms with Crippen LogP contribution in [0.25, 0.3) is 83.1 Å². The van der Waals surface area contributed by atoms with Crippen LogP contribution in [0.1, 0.15) is 25.0 Å². The van der Waals surface area contributed by atoms with E-state index in [1.54, 1.807) is 0 Å². The molecule has 11 aromatic rings. The molecule has 0 atom stereocenters. The zero-order valence-electron chi connectivity index (χ0n) is 36.5. The van der Waals surface area contributed by atoms with Gasteiger partial charge in [-0.05, 0) is 133 Å². The minimum absolute atomic E-state index is 0.0783. The molecule has 0 radical (unpaired) electrons. The van der Waals surface area contributed by atoms with Gasteiger partial charge in [0.1, 0.15) is 0 Å². The molecule has 0 fully saturated rings. The Balaban J connectivity index is 0.898. The summed E-state index contributed by atoms with van der Waals surface area (Å²) in [6.45, 7) is 4.72. The maximum absolute atomic E-state index is 2.46. The molecule has 1 aliphatic carbocycles. The molecule has 308 valence electrons. The standard InChI is InChI=1S/C63H46N2/c1-63(2)59-22-11-9-20-55(59)56-39-37-54(42-60(56)63)65-61-23-12-10-21-57(61)58-38-30-50(41-62(58)65)49-19-13-18-48(40-49)47-28-35-53(36-29-47)64(51-31-24-45(25-32-51)43-14-5-3-6-15-43)52-33-26-46(27-34-52)44-16-7-4-8-17-44/h3-42H,1-2H3. The Kier molecular flexibility index (Phi) is 9.21. The van der Waals surface area contributed by atoms with Crippen molar-refractivity contribution in [3.05, 3.63) is 254 Å². The molecule has 0 aliphatic heterocycles. The number of benzene rings is 10. The first-order valence-electron chi connectivity index (χ1n) is 22.6. The van der Waals surface area contributed by atoms with Crippen LogP contribution in [0.2, 0.25) is 0 Å². The topological polar surface area (TPSA) is 8.17 Å². The van der Waals surface area contributed by atoms with Crippen LogP contribution in [0.15, 0.2) is 243 Å². The summed E-state index contributed by atoms with van der Waals surface area (Å²) in [4.78, 5) is 2.35. The monoisotopic (exact) mass is 830 g/mol. The van der Waals surface area contributed by atoms with Gasteiger partial charge < -0.3 is 9.47 Å². The van der Waals surface area contributed by atoms with E-state index in [1.165, 1.54) is 94.3 Å². The fraction of sp³-hybridized carbons (Fsp3) is 0.0476. The van der Waals surface area contributed by atoms with E-state index >= 15 is 0 Å². The lowest BCUT2D eigenvalue weighted by Gasteiger charge is -2.26. The van der Waals surface area contributed by atoms with Crippen molar-refractivity contribution in [2.45, 2.75) is 19.3 Å². The number of hydrogen-bond acceptors (Lipinski definition) is 1. The number of aromatic nitrogens is 1. The lowest BCUT2D eigenvalue weighted by molar-refractivity contribution is 0.660. The average Bonchev–Trinajstić information content (AvgIpc) is 3.82. The molecule has 2 heteroatoms. The summed E-state index contributed by atoms with van der Waals surface area (Å²) in [5.74, 6) is 0. The largest absolute Gasteiger partial charge is 0.311 e. The fourth-order valence-corrected chi connectivity index (χ4v) is 10.3. The highest BCUT2D eigenvalue weighted by Gasteiger charge is 2.35. The molecule has 0 saturated carbocycles. The quantitative estimate of drug-likeness (QED) is 0.148. The second-order valence-electron chi connectivity index (χ2n) is 17.8. The molecule has 0 N–H and O–H groups in total. The molecule has 0 spiro atoms. The van der Waals surface area contributed by atoms with Crippen molar-refractivity contribution in [3.8, 4) is 61.3 Å². The summed E-state index contributed by atoms with van der Waals surface area (Å²) in [5.41, 5.74) is 21.9. The third-order valence-corrected chi connectivity index (χ3v) is 13.6. The maximum Gasteiger partial charge on any atom is 0.0547 e. The summed E-state index contributed by atoms with van der Waals surface area (Å²) in [6.07, 6.45) is 0. The Morgan fingerprint density at radius 1 is 0.308 bits per heavy atom. The Morgan fingerprint density at radius 3 is 1.38 bits per heavy atom. The maximum atomic E-state index is 2.46. The third kappa shape index (κ3) is 6.65. The van der Waals surface area contributed by atoms with Gasteiger partial charge in [-0.1, -0.05) is 190 Å². The summed E-state index contributed by atoms with van der Waals surface area (Å²) in [6, 6.07) is 88.7. The lowest BCUT2D eigenvalue weighted by Crippen LogP contribution is -2.15. The Hall–Kier alpha value is -8.20. The second-order valence-corrected chi connectivity index (χ2v) is 17.8. The molecule has 1 aliphatic rings. The molecule has 0 bridgehead atoms. The zero-order valence-corrected chi connectivity index (χ0v) is 36.5. The van der Waals surface area contributed by atoms with E-state index in [2.05, 4.69) is 266 Å². The van der Waals surface area contributed by atoms with Gasteiger partial charge in [0.15, 0.2) is 0 Å². The minimum atomic E-state index is -0.0783. The predicted octanol–water partition coefficient (Wildman–Crippen LogP) is 17.2. The molecule has 12 rings (SSSR count). The van der Waals surface area contributed by atoms with Crippen molar-refractivity contribution in [2.75, 3.05) is 4.90 Å². The van der Waals surface area contributed by atoms with E-state index in [-0.39, 0.29) is 5.41 Å². The first-order chi connectivity index (χ1) is 32.0. The highest BCUT2D eigenvalue weighted by Crippen LogP contribution is 2.49. The lowest BCUT2D eigenvalue weighted by atomic mass is 9.82. The Bertz CT molecular complexity index is 3440. The number of hydrogen-bond donors (Lipinski definition) is 0. The number of para-hydroxylation sites is 1. The SMILES string of the molecule is CC1(C)c2ccccc2-c2ccc(-n3c4ccccc4c4ccc(-c5cccc(-c6ccc(N(c7ccc(-c8ccccc8)cc7)c7ccc(-c8ccccc8)cc7)cc6)c5)cc43)cc21. The molecular weight excluding hydrogens is 785 g/mol. The molecule has 10 aromatic carbocycles. The molecule has 0 unspecified atom stereocenters. The van der Waals surface area contributed by atoms with Gasteiger partial charge in [-0.15, -0.1) is 0 Å². The van der Waals surface area contributed by atoms with E-state index < -0.39 is 0 Å². The van der Waals surface area contributed by atoms with Gasteiger partial charge in [0, 0.05) is 38.9 Å². The smallest absolute Gasteiger partial charge is 0.0547 e. The third-order valence-electron chi connectivity index (χ3n) is 13.6. The summed E-state index contributed by atoms with van der Waals surface area (Å²) < 4.78 is 2.46. The van der Waals surface area contributed by atoms with Crippen molar-refractivity contribution >= 4 is 38.9 Å². The van der Waals surface area contributed by atoms with Crippen molar-refractivity contribution < 1.29 is 0 Å². The van der Waals surface area contributed by atoms with E-state index in [0.717, 1.165) is 17.1 Å². The normalized spacial score (nSPS) is 12.6. The van der Waals surface area contributed by atoms with Gasteiger partial charge in [0.2, 0.25) is 0 Å². The van der Waals surface area contributed by atoms with Crippen molar-refractivity contribution in [3.63, 3.8) is 0 Å².